The van der Waals surface area contributed by atoms with Crippen LogP contribution in [-0.4, -0.2) is 25.3 Å². The average molecular weight is 252 g/mol. The van der Waals surface area contributed by atoms with Gasteiger partial charge in [0.15, 0.2) is 0 Å². The van der Waals surface area contributed by atoms with Crippen LogP contribution in [0.3, 0.4) is 0 Å². The van der Waals surface area contributed by atoms with Gasteiger partial charge in [-0.2, -0.15) is 0 Å². The number of nitrogens with zero attached hydrogens (tertiary/aromatic N) is 1. The smallest absolute Gasteiger partial charge is 0.123 e. The van der Waals surface area contributed by atoms with E-state index in [-0.39, 0.29) is 24.1 Å². The Hall–Kier alpha value is -1.13. The van der Waals surface area contributed by atoms with Crippen LogP contribution in [0.1, 0.15) is 32.4 Å². The van der Waals surface area contributed by atoms with Crippen LogP contribution in [0, 0.1) is 5.82 Å². The van der Waals surface area contributed by atoms with Gasteiger partial charge in [-0.1, -0.05) is 0 Å². The molecule has 1 heterocycles. The minimum Gasteiger partial charge on any atom is -0.372 e. The van der Waals surface area contributed by atoms with Crippen molar-refractivity contribution in [3.05, 3.63) is 29.6 Å². The highest BCUT2D eigenvalue weighted by atomic mass is 19.1. The molecule has 4 heteroatoms. The first-order valence-electron chi connectivity index (χ1n) is 6.43. The van der Waals surface area contributed by atoms with Crippen LogP contribution in [0.5, 0.6) is 0 Å². The number of benzene rings is 1. The van der Waals surface area contributed by atoms with Crippen LogP contribution in [0.25, 0.3) is 0 Å². The molecule has 0 unspecified atom stereocenters. The molecule has 2 N–H and O–H groups in total. The summed E-state index contributed by atoms with van der Waals surface area (Å²) >= 11 is 0. The van der Waals surface area contributed by atoms with Crippen molar-refractivity contribution in [3.8, 4) is 0 Å². The Labute approximate surface area is 108 Å². The maximum atomic E-state index is 13.3. The zero-order chi connectivity index (χ0) is 13.3. The molecule has 3 nitrogen and oxygen atoms in total. The van der Waals surface area contributed by atoms with Gasteiger partial charge in [-0.05, 0) is 44.5 Å². The van der Waals surface area contributed by atoms with E-state index in [0.717, 1.165) is 24.3 Å². The van der Waals surface area contributed by atoms with Gasteiger partial charge in [-0.25, -0.2) is 4.39 Å². The Balaban J connectivity index is 2.32. The molecule has 100 valence electrons. The van der Waals surface area contributed by atoms with Crippen molar-refractivity contribution in [2.45, 2.75) is 39.0 Å². The maximum absolute atomic E-state index is 13.3. The summed E-state index contributed by atoms with van der Waals surface area (Å²) in [5.74, 6) is -0.236. The fraction of sp³-hybridized carbons (Fsp3) is 0.571. The van der Waals surface area contributed by atoms with E-state index < -0.39 is 0 Å². The number of rotatable bonds is 2. The molecule has 1 aromatic rings. The van der Waals surface area contributed by atoms with Crippen LogP contribution >= 0.6 is 0 Å². The molecule has 1 fully saturated rings. The summed E-state index contributed by atoms with van der Waals surface area (Å²) in [7, 11) is 0. The lowest BCUT2D eigenvalue weighted by atomic mass is 10.0. The number of hydrogen-bond donors (Lipinski definition) is 1. The van der Waals surface area contributed by atoms with E-state index >= 15 is 0 Å². The minimum absolute atomic E-state index is 0.177. The third-order valence-corrected chi connectivity index (χ3v) is 3.24. The molecule has 0 amide bonds. The number of halogens is 1. The average Bonchev–Trinajstić information content (AvgIpc) is 2.27. The van der Waals surface area contributed by atoms with Crippen molar-refractivity contribution < 1.29 is 9.13 Å². The number of morpholine rings is 1. The third kappa shape index (κ3) is 2.82. The molecule has 18 heavy (non-hydrogen) atoms. The largest absolute Gasteiger partial charge is 0.372 e. The molecule has 3 atom stereocenters. The minimum atomic E-state index is -0.236. The van der Waals surface area contributed by atoms with Crippen molar-refractivity contribution >= 4 is 5.69 Å². The summed E-state index contributed by atoms with van der Waals surface area (Å²) in [6, 6.07) is 4.67. The summed E-state index contributed by atoms with van der Waals surface area (Å²) in [6.07, 6.45) is 0.361. The van der Waals surface area contributed by atoms with Gasteiger partial charge in [-0.3, -0.25) is 0 Å². The molecule has 1 saturated heterocycles. The van der Waals surface area contributed by atoms with Crippen molar-refractivity contribution in [1.82, 2.24) is 0 Å². The molecule has 0 spiro atoms. The van der Waals surface area contributed by atoms with Crippen molar-refractivity contribution in [2.24, 2.45) is 5.73 Å². The molecule has 0 saturated carbocycles. The van der Waals surface area contributed by atoms with Gasteiger partial charge in [0.2, 0.25) is 0 Å². The number of ether oxygens (including phenoxy) is 1. The second kappa shape index (κ2) is 5.24. The van der Waals surface area contributed by atoms with E-state index in [0.29, 0.717) is 0 Å². The lowest BCUT2D eigenvalue weighted by Gasteiger charge is -2.38. The first-order valence-corrected chi connectivity index (χ1v) is 6.43. The summed E-state index contributed by atoms with van der Waals surface area (Å²) in [5.41, 5.74) is 7.81. The normalized spacial score (nSPS) is 26.2. The fourth-order valence-corrected chi connectivity index (χ4v) is 2.55. The van der Waals surface area contributed by atoms with Gasteiger partial charge in [-0.15, -0.1) is 0 Å². The molecule has 0 radical (unpaired) electrons. The summed E-state index contributed by atoms with van der Waals surface area (Å²) in [5, 5.41) is 0. The van der Waals surface area contributed by atoms with Crippen molar-refractivity contribution in [2.75, 3.05) is 18.0 Å². The highest BCUT2D eigenvalue weighted by molar-refractivity contribution is 5.55. The molecule has 1 aliphatic rings. The van der Waals surface area contributed by atoms with Gasteiger partial charge in [0.05, 0.1) is 12.2 Å². The lowest BCUT2D eigenvalue weighted by molar-refractivity contribution is -0.00527. The zero-order valence-corrected chi connectivity index (χ0v) is 11.2. The van der Waals surface area contributed by atoms with Crippen molar-refractivity contribution in [3.63, 3.8) is 0 Å². The van der Waals surface area contributed by atoms with Gasteiger partial charge < -0.3 is 15.4 Å². The predicted molar refractivity (Wildman–Crippen MR) is 71.2 cm³/mol. The van der Waals surface area contributed by atoms with E-state index in [4.69, 9.17) is 10.5 Å². The number of hydrogen-bond acceptors (Lipinski definition) is 3. The first kappa shape index (κ1) is 13.3. The Kier molecular flexibility index (Phi) is 3.88. The Morgan fingerprint density at radius 3 is 2.50 bits per heavy atom. The van der Waals surface area contributed by atoms with Crippen LogP contribution in [-0.2, 0) is 4.74 Å². The van der Waals surface area contributed by atoms with Gasteiger partial charge in [0.25, 0.3) is 0 Å². The highest BCUT2D eigenvalue weighted by Crippen LogP contribution is 2.28. The number of anilines is 1. The molecule has 1 aliphatic heterocycles. The van der Waals surface area contributed by atoms with Crippen molar-refractivity contribution in [1.29, 1.82) is 0 Å². The quantitative estimate of drug-likeness (QED) is 0.878. The van der Waals surface area contributed by atoms with Gasteiger partial charge in [0.1, 0.15) is 5.82 Å². The molecule has 2 rings (SSSR count). The SMILES string of the molecule is C[C@@H]1CN(c2ccc(F)cc2[C@@H](C)N)C[C@H](C)O1. The van der Waals surface area contributed by atoms with Crippen LogP contribution in [0.15, 0.2) is 18.2 Å². The zero-order valence-electron chi connectivity index (χ0n) is 11.2. The van der Waals surface area contributed by atoms with Crippen LogP contribution < -0.4 is 10.6 Å². The highest BCUT2D eigenvalue weighted by Gasteiger charge is 2.24. The third-order valence-electron chi connectivity index (χ3n) is 3.24. The van der Waals surface area contributed by atoms with Crippen LogP contribution in [0.4, 0.5) is 10.1 Å². The van der Waals surface area contributed by atoms with E-state index in [2.05, 4.69) is 18.7 Å². The van der Waals surface area contributed by atoms with E-state index in [9.17, 15) is 4.39 Å². The van der Waals surface area contributed by atoms with E-state index in [1.54, 1.807) is 0 Å². The summed E-state index contributed by atoms with van der Waals surface area (Å²) < 4.78 is 19.0. The number of nitrogens with two attached hydrogens (primary N) is 1. The van der Waals surface area contributed by atoms with Gasteiger partial charge in [0, 0.05) is 24.8 Å². The van der Waals surface area contributed by atoms with Crippen LogP contribution in [0.2, 0.25) is 0 Å². The predicted octanol–water partition coefficient (Wildman–Crippen LogP) is 2.46. The Morgan fingerprint density at radius 2 is 1.94 bits per heavy atom. The molecule has 1 aromatic carbocycles. The second-order valence-corrected chi connectivity index (χ2v) is 5.15. The lowest BCUT2D eigenvalue weighted by Crippen LogP contribution is -2.46. The molecular formula is C14H21FN2O. The second-order valence-electron chi connectivity index (χ2n) is 5.15. The first-order chi connectivity index (χ1) is 8.47. The molecular weight excluding hydrogens is 231 g/mol. The standard InChI is InChI=1S/C14H21FN2O/c1-9-7-17(8-10(2)18-9)14-5-4-12(15)6-13(14)11(3)16/h4-6,9-11H,7-8,16H2,1-3H3/t9-,10+,11-/m1/s1. The topological polar surface area (TPSA) is 38.5 Å². The summed E-state index contributed by atoms with van der Waals surface area (Å²) in [4.78, 5) is 2.23. The fourth-order valence-electron chi connectivity index (χ4n) is 2.55. The summed E-state index contributed by atoms with van der Waals surface area (Å²) in [6.45, 7) is 7.62. The van der Waals surface area contributed by atoms with Gasteiger partial charge >= 0.3 is 0 Å². The monoisotopic (exact) mass is 252 g/mol. The Morgan fingerprint density at radius 1 is 1.33 bits per heavy atom. The van der Waals surface area contributed by atoms with E-state index in [1.807, 2.05) is 13.0 Å². The Bertz CT molecular complexity index is 412. The van der Waals surface area contributed by atoms with E-state index in [1.165, 1.54) is 12.1 Å². The molecule has 0 aliphatic carbocycles. The maximum Gasteiger partial charge on any atom is 0.123 e. The molecule has 0 bridgehead atoms. The molecule has 0 aromatic heterocycles.